The van der Waals surface area contributed by atoms with Crippen LogP contribution >= 0.6 is 27.3 Å². The van der Waals surface area contributed by atoms with Gasteiger partial charge in [-0.25, -0.2) is 0 Å². The molecule has 2 rings (SSSR count). The molecule has 0 saturated carbocycles. The van der Waals surface area contributed by atoms with Crippen molar-refractivity contribution in [3.05, 3.63) is 33.6 Å². The topological polar surface area (TPSA) is 50.9 Å². The van der Waals surface area contributed by atoms with Gasteiger partial charge in [-0.2, -0.15) is 11.3 Å². The number of aromatic nitrogens is 1. The molecule has 2 aromatic heterocycles. The van der Waals surface area contributed by atoms with Crippen LogP contribution in [0.2, 0.25) is 0 Å². The number of nitrogens with two attached hydrogens (primary N) is 1. The highest BCUT2D eigenvalue weighted by atomic mass is 79.9. The molecule has 3 nitrogen and oxygen atoms in total. The quantitative estimate of drug-likeness (QED) is 0.651. The molecular formula is C9H8BrN3S. The fourth-order valence-corrected chi connectivity index (χ4v) is 2.62. The van der Waals surface area contributed by atoms with Crippen LogP contribution in [0.15, 0.2) is 33.6 Å². The zero-order valence-electron chi connectivity index (χ0n) is 7.20. The minimum absolute atomic E-state index is 0.855. The third-order valence-corrected chi connectivity index (χ3v) is 3.52. The van der Waals surface area contributed by atoms with Gasteiger partial charge in [-0.15, -0.1) is 0 Å². The van der Waals surface area contributed by atoms with Gasteiger partial charge >= 0.3 is 0 Å². The molecule has 72 valence electrons. The molecule has 0 aliphatic rings. The molecule has 0 bridgehead atoms. The van der Waals surface area contributed by atoms with Crippen molar-refractivity contribution in [2.45, 2.75) is 0 Å². The summed E-state index contributed by atoms with van der Waals surface area (Å²) < 4.78 is 1.06. The number of thiophene rings is 1. The molecule has 0 aliphatic carbocycles. The molecule has 0 saturated heterocycles. The Kier molecular flexibility index (Phi) is 2.81. The number of rotatable bonds is 2. The van der Waals surface area contributed by atoms with E-state index in [0.717, 1.165) is 21.4 Å². The van der Waals surface area contributed by atoms with E-state index in [-0.39, 0.29) is 0 Å². The number of nitrogen functional groups attached to an aromatic ring is 1. The Bertz CT molecular complexity index is 441. The molecular weight excluding hydrogens is 262 g/mol. The molecule has 0 aromatic carbocycles. The number of anilines is 1. The first-order chi connectivity index (χ1) is 6.81. The van der Waals surface area contributed by atoms with Gasteiger partial charge in [-0.05, 0) is 28.1 Å². The number of nitrogens with one attached hydrogen (secondary N) is 1. The molecule has 0 amide bonds. The fourth-order valence-electron chi connectivity index (χ4n) is 1.13. The fraction of sp³-hybridized carbons (Fsp3) is 0. The van der Waals surface area contributed by atoms with Crippen LogP contribution in [0.25, 0.3) is 11.3 Å². The van der Waals surface area contributed by atoms with E-state index in [1.807, 2.05) is 22.9 Å². The lowest BCUT2D eigenvalue weighted by Crippen LogP contribution is -2.06. The van der Waals surface area contributed by atoms with Crippen molar-refractivity contribution in [3.8, 4) is 11.3 Å². The zero-order valence-corrected chi connectivity index (χ0v) is 9.60. The summed E-state index contributed by atoms with van der Waals surface area (Å²) in [5.74, 6) is 5.32. The van der Waals surface area contributed by atoms with Crippen molar-refractivity contribution in [1.29, 1.82) is 0 Å². The van der Waals surface area contributed by atoms with E-state index in [4.69, 9.17) is 5.84 Å². The molecule has 2 aromatic rings. The van der Waals surface area contributed by atoms with Gasteiger partial charge in [0.05, 0.1) is 11.4 Å². The van der Waals surface area contributed by atoms with Crippen LogP contribution in [0.1, 0.15) is 0 Å². The number of hydrazine groups is 1. The number of hydrogen-bond donors (Lipinski definition) is 2. The molecule has 0 radical (unpaired) electrons. The highest BCUT2D eigenvalue weighted by molar-refractivity contribution is 9.10. The molecule has 3 N–H and O–H groups in total. The summed E-state index contributed by atoms with van der Waals surface area (Å²) in [4.78, 5) is 4.27. The Morgan fingerprint density at radius 1 is 1.43 bits per heavy atom. The van der Waals surface area contributed by atoms with Crippen molar-refractivity contribution >= 4 is 33.0 Å². The lowest BCUT2D eigenvalue weighted by Gasteiger charge is -2.02. The third kappa shape index (κ3) is 1.79. The summed E-state index contributed by atoms with van der Waals surface area (Å²) in [6.45, 7) is 0. The smallest absolute Gasteiger partial charge is 0.0742 e. The molecule has 2 heterocycles. The van der Waals surface area contributed by atoms with Gasteiger partial charge in [0.25, 0.3) is 0 Å². The lowest BCUT2D eigenvalue weighted by molar-refractivity contribution is 1.28. The first-order valence-corrected chi connectivity index (χ1v) is 5.69. The van der Waals surface area contributed by atoms with Gasteiger partial charge in [0, 0.05) is 27.0 Å². The van der Waals surface area contributed by atoms with Crippen LogP contribution in [0.5, 0.6) is 0 Å². The maximum atomic E-state index is 5.32. The number of hydrogen-bond acceptors (Lipinski definition) is 4. The van der Waals surface area contributed by atoms with Gasteiger partial charge < -0.3 is 5.43 Å². The van der Waals surface area contributed by atoms with Crippen LogP contribution in [-0.2, 0) is 0 Å². The summed E-state index contributed by atoms with van der Waals surface area (Å²) in [5, 5.41) is 4.08. The van der Waals surface area contributed by atoms with Crippen LogP contribution in [0.3, 0.4) is 0 Å². The Hall–Kier alpha value is -0.910. The Balaban J connectivity index is 2.47. The van der Waals surface area contributed by atoms with E-state index in [1.165, 1.54) is 0 Å². The molecule has 0 fully saturated rings. The summed E-state index contributed by atoms with van der Waals surface area (Å²) in [6.07, 6.45) is 1.73. The van der Waals surface area contributed by atoms with E-state index in [9.17, 15) is 0 Å². The van der Waals surface area contributed by atoms with Gasteiger partial charge in [0.15, 0.2) is 0 Å². The summed E-state index contributed by atoms with van der Waals surface area (Å²) >= 11 is 5.10. The van der Waals surface area contributed by atoms with Gasteiger partial charge in [-0.1, -0.05) is 0 Å². The molecule has 0 unspecified atom stereocenters. The van der Waals surface area contributed by atoms with Gasteiger partial charge in [-0.3, -0.25) is 10.8 Å². The predicted molar refractivity (Wildman–Crippen MR) is 63.1 cm³/mol. The molecule has 0 aliphatic heterocycles. The van der Waals surface area contributed by atoms with Crippen LogP contribution in [0.4, 0.5) is 5.69 Å². The predicted octanol–water partition coefficient (Wildman–Crippen LogP) is 2.86. The second-order valence-corrected chi connectivity index (χ2v) is 4.31. The average Bonchev–Trinajstić information content (AvgIpc) is 2.65. The Morgan fingerprint density at radius 2 is 2.29 bits per heavy atom. The second kappa shape index (κ2) is 4.08. The zero-order chi connectivity index (χ0) is 9.97. The largest absolute Gasteiger partial charge is 0.324 e. The average molecular weight is 270 g/mol. The Labute approximate surface area is 94.1 Å². The van der Waals surface area contributed by atoms with E-state index in [1.54, 1.807) is 17.5 Å². The number of pyridine rings is 1. The minimum Gasteiger partial charge on any atom is -0.324 e. The normalized spacial score (nSPS) is 10.1. The lowest BCUT2D eigenvalue weighted by atomic mass is 10.2. The van der Waals surface area contributed by atoms with Gasteiger partial charge in [0.1, 0.15) is 0 Å². The first-order valence-electron chi connectivity index (χ1n) is 3.96. The SMILES string of the molecule is NNc1ccnc(-c2cscc2Br)c1. The molecule has 0 spiro atoms. The molecule has 5 heteroatoms. The second-order valence-electron chi connectivity index (χ2n) is 2.71. The van der Waals surface area contributed by atoms with Crippen molar-refractivity contribution in [3.63, 3.8) is 0 Å². The standard InChI is InChI=1S/C9H8BrN3S/c10-8-5-14-4-7(8)9-3-6(13-11)1-2-12-9/h1-5H,11H2,(H,12,13). The third-order valence-electron chi connectivity index (χ3n) is 1.82. The van der Waals surface area contributed by atoms with Crippen LogP contribution in [-0.4, -0.2) is 4.98 Å². The number of nitrogens with zero attached hydrogens (tertiary/aromatic N) is 1. The van der Waals surface area contributed by atoms with E-state index < -0.39 is 0 Å². The minimum atomic E-state index is 0.855. The summed E-state index contributed by atoms with van der Waals surface area (Å²) in [6, 6.07) is 3.73. The molecule has 14 heavy (non-hydrogen) atoms. The van der Waals surface area contributed by atoms with Crippen LogP contribution in [0, 0.1) is 0 Å². The van der Waals surface area contributed by atoms with Crippen molar-refractivity contribution in [2.24, 2.45) is 5.84 Å². The Morgan fingerprint density at radius 3 is 2.93 bits per heavy atom. The monoisotopic (exact) mass is 269 g/mol. The number of halogens is 1. The van der Waals surface area contributed by atoms with Crippen molar-refractivity contribution in [2.75, 3.05) is 5.43 Å². The highest BCUT2D eigenvalue weighted by Crippen LogP contribution is 2.31. The molecule has 0 atom stereocenters. The van der Waals surface area contributed by atoms with Crippen molar-refractivity contribution in [1.82, 2.24) is 4.98 Å². The highest BCUT2D eigenvalue weighted by Gasteiger charge is 2.05. The summed E-state index contributed by atoms with van der Waals surface area (Å²) in [5.41, 5.74) is 5.45. The summed E-state index contributed by atoms with van der Waals surface area (Å²) in [7, 11) is 0. The van der Waals surface area contributed by atoms with Gasteiger partial charge in [0.2, 0.25) is 0 Å². The first kappa shape index (κ1) is 9.64. The van der Waals surface area contributed by atoms with Crippen molar-refractivity contribution < 1.29 is 0 Å². The maximum Gasteiger partial charge on any atom is 0.0742 e. The van der Waals surface area contributed by atoms with Crippen LogP contribution < -0.4 is 11.3 Å². The maximum absolute atomic E-state index is 5.32. The van der Waals surface area contributed by atoms with E-state index >= 15 is 0 Å². The van der Waals surface area contributed by atoms with E-state index in [0.29, 0.717) is 0 Å². The van der Waals surface area contributed by atoms with E-state index in [2.05, 4.69) is 26.3 Å².